The number of aromatic nitrogens is 3. The van der Waals surface area contributed by atoms with Crippen molar-refractivity contribution in [2.75, 3.05) is 6.61 Å². The number of aliphatic hydroxyl groups excluding tert-OH is 1. The van der Waals surface area contributed by atoms with E-state index in [2.05, 4.69) is 28.9 Å². The zero-order valence-corrected chi connectivity index (χ0v) is 18.1. The number of nitrogens with one attached hydrogen (secondary N) is 1. The first kappa shape index (κ1) is 22.2. The lowest BCUT2D eigenvalue weighted by Gasteiger charge is -2.36. The minimum atomic E-state index is -3.72. The van der Waals surface area contributed by atoms with Crippen LogP contribution in [0.1, 0.15) is 44.7 Å². The Morgan fingerprint density at radius 3 is 2.66 bits per heavy atom. The summed E-state index contributed by atoms with van der Waals surface area (Å²) in [7, 11) is -3.72. The van der Waals surface area contributed by atoms with Gasteiger partial charge in [0.05, 0.1) is 35.4 Å². The van der Waals surface area contributed by atoms with Crippen LogP contribution >= 0.6 is 11.6 Å². The smallest absolute Gasteiger partial charge is 0.240 e. The zero-order chi connectivity index (χ0) is 21.0. The van der Waals surface area contributed by atoms with Crippen molar-refractivity contribution in [1.29, 1.82) is 0 Å². The van der Waals surface area contributed by atoms with Gasteiger partial charge in [-0.15, -0.1) is 5.10 Å². The summed E-state index contributed by atoms with van der Waals surface area (Å²) in [6.07, 6.45) is 3.24. The Hall–Kier alpha value is -1.52. The molecule has 10 heteroatoms. The monoisotopic (exact) mass is 442 g/mol. The average molecular weight is 443 g/mol. The van der Waals surface area contributed by atoms with Crippen LogP contribution in [0.5, 0.6) is 0 Å². The lowest BCUT2D eigenvalue weighted by Crippen LogP contribution is -2.50. The Balaban J connectivity index is 1.56. The summed E-state index contributed by atoms with van der Waals surface area (Å²) >= 11 is 5.83. The molecule has 3 rings (SSSR count). The van der Waals surface area contributed by atoms with Crippen molar-refractivity contribution in [2.45, 2.75) is 68.7 Å². The van der Waals surface area contributed by atoms with Crippen molar-refractivity contribution in [3.05, 3.63) is 41.2 Å². The van der Waals surface area contributed by atoms with E-state index in [-0.39, 0.29) is 17.6 Å². The number of hydrogen-bond acceptors (Lipinski definition) is 6. The average Bonchev–Trinajstić information content (AvgIpc) is 3.17. The van der Waals surface area contributed by atoms with Crippen LogP contribution in [0.3, 0.4) is 0 Å². The highest BCUT2D eigenvalue weighted by Gasteiger charge is 2.33. The van der Waals surface area contributed by atoms with Crippen molar-refractivity contribution < 1.29 is 18.3 Å². The van der Waals surface area contributed by atoms with Crippen LogP contribution in [-0.2, 0) is 21.3 Å². The number of benzene rings is 1. The van der Waals surface area contributed by atoms with Gasteiger partial charge in [-0.3, -0.25) is 4.68 Å². The molecule has 2 heterocycles. The summed E-state index contributed by atoms with van der Waals surface area (Å²) in [5, 5.41) is 18.5. The largest absolute Gasteiger partial charge is 0.394 e. The summed E-state index contributed by atoms with van der Waals surface area (Å²) in [6.45, 7) is 4.53. The molecule has 1 aliphatic heterocycles. The molecule has 2 N–H and O–H groups in total. The summed E-state index contributed by atoms with van der Waals surface area (Å²) in [4.78, 5) is 0.132. The van der Waals surface area contributed by atoms with Crippen molar-refractivity contribution in [1.82, 2.24) is 19.7 Å². The number of aliphatic hydroxyl groups is 1. The van der Waals surface area contributed by atoms with Gasteiger partial charge >= 0.3 is 0 Å². The second-order valence-electron chi connectivity index (χ2n) is 7.59. The summed E-state index contributed by atoms with van der Waals surface area (Å²) < 4.78 is 35.6. The highest BCUT2D eigenvalue weighted by molar-refractivity contribution is 7.89. The standard InChI is InChI=1S/C19H27ClN4O4S/c1-13(2)18-11-24(23-21-18)10-9-15-5-8-17(19(12-25)28-15)22-29(26,27)16-6-3-14(20)4-7-16/h3-4,6-7,11,13,15,17,19,22,25H,5,8-10,12H2,1-2H3/t15-,17-,19+/m0/s1. The molecule has 3 atom stereocenters. The molecule has 0 unspecified atom stereocenters. The summed E-state index contributed by atoms with van der Waals surface area (Å²) in [5.41, 5.74) is 0.944. The van der Waals surface area contributed by atoms with Gasteiger partial charge in [-0.05, 0) is 49.4 Å². The topological polar surface area (TPSA) is 106 Å². The molecule has 1 aromatic heterocycles. The molecule has 2 aromatic rings. The second-order valence-corrected chi connectivity index (χ2v) is 9.74. The van der Waals surface area contributed by atoms with Crippen LogP contribution in [0.4, 0.5) is 0 Å². The molecular weight excluding hydrogens is 416 g/mol. The third kappa shape index (κ3) is 5.76. The van der Waals surface area contributed by atoms with Gasteiger partial charge in [-0.2, -0.15) is 0 Å². The quantitative estimate of drug-likeness (QED) is 0.649. The minimum absolute atomic E-state index is 0.0739. The van der Waals surface area contributed by atoms with E-state index in [0.717, 1.165) is 5.69 Å². The minimum Gasteiger partial charge on any atom is -0.394 e. The van der Waals surface area contributed by atoms with E-state index in [1.54, 1.807) is 4.68 Å². The van der Waals surface area contributed by atoms with Gasteiger partial charge in [0.2, 0.25) is 10.0 Å². The predicted octanol–water partition coefficient (Wildman–Crippen LogP) is 2.33. The SMILES string of the molecule is CC(C)c1cn(CC[C@@H]2CC[C@H](NS(=O)(=O)c3ccc(Cl)cc3)[C@@H](CO)O2)nn1. The van der Waals surface area contributed by atoms with E-state index in [1.807, 2.05) is 6.20 Å². The van der Waals surface area contributed by atoms with Gasteiger partial charge in [0.15, 0.2) is 0 Å². The van der Waals surface area contributed by atoms with Crippen LogP contribution in [0, 0.1) is 0 Å². The highest BCUT2D eigenvalue weighted by Crippen LogP contribution is 2.24. The van der Waals surface area contributed by atoms with E-state index in [9.17, 15) is 13.5 Å². The third-order valence-electron chi connectivity index (χ3n) is 5.05. The third-order valence-corrected chi connectivity index (χ3v) is 6.81. The molecule has 160 valence electrons. The Morgan fingerprint density at radius 2 is 2.03 bits per heavy atom. The van der Waals surface area contributed by atoms with Crippen LogP contribution in [0.15, 0.2) is 35.4 Å². The van der Waals surface area contributed by atoms with Crippen molar-refractivity contribution in [3.63, 3.8) is 0 Å². The van der Waals surface area contributed by atoms with Crippen molar-refractivity contribution in [3.8, 4) is 0 Å². The Bertz CT molecular complexity index is 901. The number of ether oxygens (including phenoxy) is 1. The fraction of sp³-hybridized carbons (Fsp3) is 0.579. The molecule has 0 saturated carbocycles. The van der Waals surface area contributed by atoms with Crippen molar-refractivity contribution in [2.24, 2.45) is 0 Å². The molecule has 0 radical (unpaired) electrons. The summed E-state index contributed by atoms with van der Waals surface area (Å²) in [6, 6.07) is 5.48. The number of rotatable bonds is 8. The first-order valence-electron chi connectivity index (χ1n) is 9.72. The van der Waals surface area contributed by atoms with Gasteiger partial charge in [0.1, 0.15) is 0 Å². The maximum absolute atomic E-state index is 12.6. The Labute approximate surface area is 176 Å². The van der Waals surface area contributed by atoms with Crippen molar-refractivity contribution >= 4 is 21.6 Å². The molecular formula is C19H27ClN4O4S. The molecule has 1 aliphatic rings. The van der Waals surface area contributed by atoms with E-state index in [1.165, 1.54) is 24.3 Å². The fourth-order valence-corrected chi connectivity index (χ4v) is 4.75. The lowest BCUT2D eigenvalue weighted by atomic mass is 9.98. The number of halogens is 1. The maximum atomic E-state index is 12.6. The molecule has 8 nitrogen and oxygen atoms in total. The fourth-order valence-electron chi connectivity index (χ4n) is 3.32. The van der Waals surface area contributed by atoms with Gasteiger partial charge in [-0.1, -0.05) is 30.7 Å². The summed E-state index contributed by atoms with van der Waals surface area (Å²) in [5.74, 6) is 0.322. The van der Waals surface area contributed by atoms with Crippen LogP contribution in [0.2, 0.25) is 5.02 Å². The van der Waals surface area contributed by atoms with E-state index >= 15 is 0 Å². The van der Waals surface area contributed by atoms with Gasteiger partial charge < -0.3 is 9.84 Å². The Morgan fingerprint density at radius 1 is 1.31 bits per heavy atom. The number of hydrogen-bond donors (Lipinski definition) is 2. The first-order chi connectivity index (χ1) is 13.8. The predicted molar refractivity (Wildman–Crippen MR) is 109 cm³/mol. The molecule has 1 aromatic carbocycles. The van der Waals surface area contributed by atoms with E-state index in [0.29, 0.717) is 36.7 Å². The van der Waals surface area contributed by atoms with E-state index < -0.39 is 22.2 Å². The highest BCUT2D eigenvalue weighted by atomic mass is 35.5. The molecule has 0 spiro atoms. The molecule has 0 amide bonds. The number of nitrogens with zero attached hydrogens (tertiary/aromatic N) is 3. The first-order valence-corrected chi connectivity index (χ1v) is 11.6. The zero-order valence-electron chi connectivity index (χ0n) is 16.5. The molecule has 1 saturated heterocycles. The molecule has 0 bridgehead atoms. The van der Waals surface area contributed by atoms with Gasteiger partial charge in [0.25, 0.3) is 0 Å². The van der Waals surface area contributed by atoms with Crippen LogP contribution < -0.4 is 4.72 Å². The van der Waals surface area contributed by atoms with Gasteiger partial charge in [-0.25, -0.2) is 13.1 Å². The normalized spacial score (nSPS) is 22.9. The number of aryl methyl sites for hydroxylation is 1. The molecule has 29 heavy (non-hydrogen) atoms. The lowest BCUT2D eigenvalue weighted by molar-refractivity contribution is -0.0891. The second kappa shape index (κ2) is 9.53. The molecule has 0 aliphatic carbocycles. The van der Waals surface area contributed by atoms with E-state index in [4.69, 9.17) is 16.3 Å². The van der Waals surface area contributed by atoms with Crippen LogP contribution in [-0.4, -0.2) is 53.4 Å². The molecule has 1 fully saturated rings. The van der Waals surface area contributed by atoms with Gasteiger partial charge in [0, 0.05) is 17.8 Å². The van der Waals surface area contributed by atoms with Crippen LogP contribution in [0.25, 0.3) is 0 Å². The maximum Gasteiger partial charge on any atom is 0.240 e. The number of sulfonamides is 1. The Kier molecular flexibility index (Phi) is 7.28.